The third-order valence-corrected chi connectivity index (χ3v) is 3.63. The minimum Gasteiger partial charge on any atom is -0.480 e. The van der Waals surface area contributed by atoms with Crippen molar-refractivity contribution in [3.05, 3.63) is 34.2 Å². The number of hydrogen-bond acceptors (Lipinski definition) is 3. The van der Waals surface area contributed by atoms with Crippen molar-refractivity contribution in [3.63, 3.8) is 0 Å². The second-order valence-corrected chi connectivity index (χ2v) is 6.11. The molecule has 2 N–H and O–H groups in total. The summed E-state index contributed by atoms with van der Waals surface area (Å²) in [5.74, 6) is -2.17. The number of carbonyl (C=O) groups excluding carboxylic acids is 1. The highest BCUT2D eigenvalue weighted by Crippen LogP contribution is 2.33. The molecule has 0 spiro atoms. The van der Waals surface area contributed by atoms with Gasteiger partial charge in [-0.1, -0.05) is 11.6 Å². The fourth-order valence-electron chi connectivity index (χ4n) is 2.04. The Morgan fingerprint density at radius 3 is 2.42 bits per heavy atom. The van der Waals surface area contributed by atoms with E-state index in [1.165, 1.54) is 20.8 Å². The van der Waals surface area contributed by atoms with Crippen LogP contribution in [0.1, 0.15) is 35.6 Å². The summed E-state index contributed by atoms with van der Waals surface area (Å²) in [5, 5.41) is 11.0. The van der Waals surface area contributed by atoms with Gasteiger partial charge in [0, 0.05) is 6.20 Å². The molecule has 130 valence electrons. The first-order chi connectivity index (χ1) is 10.8. The van der Waals surface area contributed by atoms with Crippen LogP contribution in [0.15, 0.2) is 12.3 Å². The topological polar surface area (TPSA) is 83.7 Å². The number of carbonyl (C=O) groups is 2. The minimum atomic E-state index is -4.66. The predicted octanol–water partition coefficient (Wildman–Crippen LogP) is 2.91. The summed E-state index contributed by atoms with van der Waals surface area (Å²) in [6.45, 7) is 3.92. The fourth-order valence-corrected chi connectivity index (χ4v) is 2.29. The van der Waals surface area contributed by atoms with Crippen molar-refractivity contribution in [2.24, 2.45) is 0 Å². The Morgan fingerprint density at radius 2 is 1.92 bits per heavy atom. The molecule has 0 radical (unpaired) electrons. The number of aromatic nitrogens is 2. The summed E-state index contributed by atoms with van der Waals surface area (Å²) in [6, 6.07) is 0.714. The summed E-state index contributed by atoms with van der Waals surface area (Å²) in [5.41, 5.74) is -2.79. The maximum atomic E-state index is 12.9. The van der Waals surface area contributed by atoms with Crippen LogP contribution in [0.2, 0.25) is 5.02 Å². The van der Waals surface area contributed by atoms with Gasteiger partial charge in [-0.3, -0.25) is 9.20 Å². The molecule has 0 aliphatic carbocycles. The number of nitrogens with one attached hydrogen (secondary N) is 1. The van der Waals surface area contributed by atoms with E-state index in [1.807, 2.05) is 0 Å². The molecule has 0 bridgehead atoms. The summed E-state index contributed by atoms with van der Waals surface area (Å²) < 4.78 is 39.7. The van der Waals surface area contributed by atoms with E-state index in [4.69, 9.17) is 16.7 Å². The van der Waals surface area contributed by atoms with E-state index in [1.54, 1.807) is 0 Å². The number of halogens is 4. The maximum Gasteiger partial charge on any atom is 0.417 e. The number of nitrogens with zero attached hydrogens (tertiary/aromatic N) is 2. The molecule has 24 heavy (non-hydrogen) atoms. The van der Waals surface area contributed by atoms with Crippen molar-refractivity contribution in [2.45, 2.75) is 32.5 Å². The van der Waals surface area contributed by atoms with Crippen molar-refractivity contribution in [3.8, 4) is 0 Å². The van der Waals surface area contributed by atoms with E-state index < -0.39 is 29.2 Å². The minimum absolute atomic E-state index is 0.0274. The molecule has 0 unspecified atom stereocenters. The quantitative estimate of drug-likeness (QED) is 0.878. The number of hydrogen-bond donors (Lipinski definition) is 2. The van der Waals surface area contributed by atoms with E-state index >= 15 is 0 Å². The standard InChI is InChI=1S/C14H13ClF3N3O3/c1-6-9(11(22)20-13(2,3)12(23)24)21-5-7(14(16,17)18)4-8(15)10(21)19-6/h4-5H,1-3H3,(H,20,22)(H,23,24). The van der Waals surface area contributed by atoms with Crippen molar-refractivity contribution < 1.29 is 27.9 Å². The van der Waals surface area contributed by atoms with Crippen LogP contribution < -0.4 is 5.32 Å². The van der Waals surface area contributed by atoms with Gasteiger partial charge in [0.15, 0.2) is 5.65 Å². The van der Waals surface area contributed by atoms with Crippen LogP contribution in [0, 0.1) is 6.92 Å². The van der Waals surface area contributed by atoms with Crippen LogP contribution >= 0.6 is 11.6 Å². The molecule has 2 aromatic heterocycles. The van der Waals surface area contributed by atoms with Crippen LogP contribution in [-0.4, -0.2) is 31.9 Å². The van der Waals surface area contributed by atoms with Crippen molar-refractivity contribution in [1.82, 2.24) is 14.7 Å². The molecule has 2 heterocycles. The molecule has 0 fully saturated rings. The van der Waals surface area contributed by atoms with Crippen LogP contribution in [0.5, 0.6) is 0 Å². The average Bonchev–Trinajstić information content (AvgIpc) is 2.73. The lowest BCUT2D eigenvalue weighted by molar-refractivity contribution is -0.143. The number of carboxylic acid groups (broad SMARTS) is 1. The number of alkyl halides is 3. The molecule has 0 aliphatic rings. The van der Waals surface area contributed by atoms with E-state index in [0.29, 0.717) is 12.3 Å². The number of amides is 1. The number of fused-ring (bicyclic) bond motifs is 1. The van der Waals surface area contributed by atoms with Crippen molar-refractivity contribution in [1.29, 1.82) is 0 Å². The SMILES string of the molecule is Cc1nc2c(Cl)cc(C(F)(F)F)cn2c1C(=O)NC(C)(C)C(=O)O. The second kappa shape index (κ2) is 5.66. The number of aryl methyl sites for hydroxylation is 1. The normalized spacial score (nSPS) is 12.5. The number of pyridine rings is 1. The molecule has 10 heteroatoms. The van der Waals surface area contributed by atoms with E-state index in [0.717, 1.165) is 4.40 Å². The Bertz CT molecular complexity index is 843. The second-order valence-electron chi connectivity index (χ2n) is 5.70. The Morgan fingerprint density at radius 1 is 1.33 bits per heavy atom. The monoisotopic (exact) mass is 363 g/mol. The Hall–Kier alpha value is -2.29. The van der Waals surface area contributed by atoms with Crippen LogP contribution in [0.3, 0.4) is 0 Å². The number of carboxylic acids is 1. The molecule has 0 aromatic carbocycles. The molecule has 2 rings (SSSR count). The summed E-state index contributed by atoms with van der Waals surface area (Å²) in [7, 11) is 0. The molecule has 6 nitrogen and oxygen atoms in total. The Labute approximate surface area is 139 Å². The molecule has 0 saturated carbocycles. The molecule has 1 amide bonds. The molecular weight excluding hydrogens is 351 g/mol. The molecular formula is C14H13ClF3N3O3. The lowest BCUT2D eigenvalue weighted by Crippen LogP contribution is -2.50. The zero-order valence-electron chi connectivity index (χ0n) is 12.8. The highest BCUT2D eigenvalue weighted by Gasteiger charge is 2.34. The number of rotatable bonds is 3. The van der Waals surface area contributed by atoms with Gasteiger partial charge in [0.2, 0.25) is 0 Å². The van der Waals surface area contributed by atoms with Gasteiger partial charge in [0.05, 0.1) is 16.3 Å². The number of aliphatic carboxylic acids is 1. The molecule has 0 aliphatic heterocycles. The van der Waals surface area contributed by atoms with Gasteiger partial charge in [0.25, 0.3) is 5.91 Å². The average molecular weight is 364 g/mol. The van der Waals surface area contributed by atoms with E-state index in [2.05, 4.69) is 10.3 Å². The van der Waals surface area contributed by atoms with E-state index in [-0.39, 0.29) is 22.1 Å². The lowest BCUT2D eigenvalue weighted by Gasteiger charge is -2.21. The van der Waals surface area contributed by atoms with Crippen LogP contribution in [0.25, 0.3) is 5.65 Å². The molecule has 0 saturated heterocycles. The predicted molar refractivity (Wildman–Crippen MR) is 79.1 cm³/mol. The van der Waals surface area contributed by atoms with Gasteiger partial charge >= 0.3 is 12.1 Å². The smallest absolute Gasteiger partial charge is 0.417 e. The first-order valence-electron chi connectivity index (χ1n) is 6.66. The third kappa shape index (κ3) is 3.16. The number of imidazole rings is 1. The maximum absolute atomic E-state index is 12.9. The molecule has 2 aromatic rings. The van der Waals surface area contributed by atoms with E-state index in [9.17, 15) is 22.8 Å². The summed E-state index contributed by atoms with van der Waals surface area (Å²) >= 11 is 5.83. The zero-order chi connectivity index (χ0) is 18.4. The zero-order valence-corrected chi connectivity index (χ0v) is 13.6. The summed E-state index contributed by atoms with van der Waals surface area (Å²) in [6.07, 6.45) is -3.96. The van der Waals surface area contributed by atoms with Crippen LogP contribution in [-0.2, 0) is 11.0 Å². The first-order valence-corrected chi connectivity index (χ1v) is 7.03. The van der Waals surface area contributed by atoms with Gasteiger partial charge in [-0.2, -0.15) is 13.2 Å². The molecule has 0 atom stereocenters. The van der Waals surface area contributed by atoms with Crippen molar-refractivity contribution >= 4 is 29.1 Å². The lowest BCUT2D eigenvalue weighted by atomic mass is 10.1. The van der Waals surface area contributed by atoms with Gasteiger partial charge in [-0.15, -0.1) is 0 Å². The fraction of sp³-hybridized carbons (Fsp3) is 0.357. The van der Waals surface area contributed by atoms with Gasteiger partial charge in [-0.25, -0.2) is 9.78 Å². The highest BCUT2D eigenvalue weighted by molar-refractivity contribution is 6.33. The first kappa shape index (κ1) is 18.1. The largest absolute Gasteiger partial charge is 0.480 e. The van der Waals surface area contributed by atoms with Gasteiger partial charge in [-0.05, 0) is 26.8 Å². The summed E-state index contributed by atoms with van der Waals surface area (Å²) in [4.78, 5) is 27.5. The van der Waals surface area contributed by atoms with Crippen LogP contribution in [0.4, 0.5) is 13.2 Å². The Balaban J connectivity index is 2.62. The van der Waals surface area contributed by atoms with Crippen molar-refractivity contribution in [2.75, 3.05) is 0 Å². The van der Waals surface area contributed by atoms with Gasteiger partial charge < -0.3 is 10.4 Å². The highest BCUT2D eigenvalue weighted by atomic mass is 35.5. The third-order valence-electron chi connectivity index (χ3n) is 3.35. The Kier molecular flexibility index (Phi) is 4.26. The van der Waals surface area contributed by atoms with Gasteiger partial charge in [0.1, 0.15) is 11.2 Å².